The van der Waals surface area contributed by atoms with Crippen LogP contribution in [0.4, 0.5) is 0 Å². The Labute approximate surface area is 81.6 Å². The van der Waals surface area contributed by atoms with Crippen LogP contribution in [0.1, 0.15) is 18.4 Å². The first-order chi connectivity index (χ1) is 6.79. The molecule has 0 aliphatic rings. The van der Waals surface area contributed by atoms with Gasteiger partial charge in [0.15, 0.2) is 0 Å². The zero-order valence-electron chi connectivity index (χ0n) is 7.60. The molecule has 0 bridgehead atoms. The van der Waals surface area contributed by atoms with Crippen molar-refractivity contribution in [1.82, 2.24) is 4.57 Å². The van der Waals surface area contributed by atoms with E-state index in [4.69, 9.17) is 10.5 Å². The van der Waals surface area contributed by atoms with Gasteiger partial charge in [0.25, 0.3) is 5.56 Å². The van der Waals surface area contributed by atoms with Gasteiger partial charge in [-0.3, -0.25) is 4.79 Å². The zero-order chi connectivity index (χ0) is 10.4. The lowest BCUT2D eigenvalue weighted by atomic mass is 10.3. The molecule has 1 aromatic heterocycles. The van der Waals surface area contributed by atoms with Crippen molar-refractivity contribution in [3.05, 3.63) is 34.2 Å². The van der Waals surface area contributed by atoms with Crippen LogP contribution in [-0.4, -0.2) is 4.57 Å². The number of aromatic nitrogens is 1. The predicted octanol–water partition coefficient (Wildman–Crippen LogP) is 1.02. The summed E-state index contributed by atoms with van der Waals surface area (Å²) in [5.74, 6) is 0. The van der Waals surface area contributed by atoms with E-state index >= 15 is 0 Å². The summed E-state index contributed by atoms with van der Waals surface area (Å²) >= 11 is 0. The molecule has 0 aromatic carbocycles. The number of unbranched alkanes of at least 4 members (excludes halogenated alkanes) is 1. The summed E-state index contributed by atoms with van der Waals surface area (Å²) in [7, 11) is 0. The minimum absolute atomic E-state index is 0.143. The molecule has 1 heterocycles. The standard InChI is InChI=1S/C10H9N3O/c11-5-1-2-6-13-7-3-4-9(8-12)10(13)14/h3-4,7H,1-2,6H2. The highest BCUT2D eigenvalue weighted by Crippen LogP contribution is 1.94. The fourth-order valence-corrected chi connectivity index (χ4v) is 1.13. The number of pyridine rings is 1. The monoisotopic (exact) mass is 187 g/mol. The smallest absolute Gasteiger partial charge is 0.268 e. The molecule has 14 heavy (non-hydrogen) atoms. The van der Waals surface area contributed by atoms with Gasteiger partial charge in [-0.25, -0.2) is 0 Å². The van der Waals surface area contributed by atoms with E-state index < -0.39 is 0 Å². The third-order valence-electron chi connectivity index (χ3n) is 1.83. The number of aryl methyl sites for hydroxylation is 1. The molecule has 0 atom stereocenters. The average molecular weight is 187 g/mol. The van der Waals surface area contributed by atoms with Crippen molar-refractivity contribution in [3.63, 3.8) is 0 Å². The molecule has 1 rings (SSSR count). The van der Waals surface area contributed by atoms with Gasteiger partial charge in [0.1, 0.15) is 11.6 Å². The molecule has 1 aromatic rings. The fraction of sp³-hybridized carbons (Fsp3) is 0.300. The summed E-state index contributed by atoms with van der Waals surface area (Å²) in [6.45, 7) is 0.488. The van der Waals surface area contributed by atoms with Gasteiger partial charge < -0.3 is 4.57 Å². The Morgan fingerprint density at radius 2 is 2.21 bits per heavy atom. The highest BCUT2D eigenvalue weighted by molar-refractivity contribution is 5.24. The van der Waals surface area contributed by atoms with E-state index in [1.807, 2.05) is 12.1 Å². The van der Waals surface area contributed by atoms with Crippen LogP contribution in [-0.2, 0) is 6.54 Å². The third-order valence-corrected chi connectivity index (χ3v) is 1.83. The SMILES string of the molecule is N#CCCCn1cccc(C#N)c1=O. The van der Waals surface area contributed by atoms with E-state index in [0.717, 1.165) is 0 Å². The minimum Gasteiger partial charge on any atom is -0.314 e. The number of nitrogens with zero attached hydrogens (tertiary/aromatic N) is 3. The van der Waals surface area contributed by atoms with Crippen molar-refractivity contribution < 1.29 is 0 Å². The summed E-state index contributed by atoms with van der Waals surface area (Å²) in [4.78, 5) is 11.5. The first-order valence-corrected chi connectivity index (χ1v) is 4.26. The lowest BCUT2D eigenvalue weighted by Gasteiger charge is -2.02. The van der Waals surface area contributed by atoms with Crippen molar-refractivity contribution in [1.29, 1.82) is 10.5 Å². The second-order valence-corrected chi connectivity index (χ2v) is 2.79. The second-order valence-electron chi connectivity index (χ2n) is 2.79. The maximum Gasteiger partial charge on any atom is 0.268 e. The molecule has 0 unspecified atom stereocenters. The first kappa shape index (κ1) is 10.0. The predicted molar refractivity (Wildman–Crippen MR) is 50.3 cm³/mol. The summed E-state index contributed by atoms with van der Waals surface area (Å²) in [5, 5.41) is 16.9. The Balaban J connectivity index is 2.85. The molecule has 0 fully saturated rings. The van der Waals surface area contributed by atoms with E-state index in [2.05, 4.69) is 0 Å². The molecule has 0 saturated carbocycles. The lowest BCUT2D eigenvalue weighted by molar-refractivity contribution is 0.630. The van der Waals surface area contributed by atoms with E-state index in [0.29, 0.717) is 19.4 Å². The molecule has 0 amide bonds. The van der Waals surface area contributed by atoms with Gasteiger partial charge in [-0.05, 0) is 18.6 Å². The summed E-state index contributed by atoms with van der Waals surface area (Å²) in [6, 6.07) is 6.98. The Morgan fingerprint density at radius 3 is 2.86 bits per heavy atom. The van der Waals surface area contributed by atoms with Crippen molar-refractivity contribution in [2.24, 2.45) is 0 Å². The molecule has 0 radical (unpaired) electrons. The van der Waals surface area contributed by atoms with Crippen LogP contribution in [0.2, 0.25) is 0 Å². The van der Waals surface area contributed by atoms with E-state index in [1.165, 1.54) is 10.6 Å². The van der Waals surface area contributed by atoms with Crippen LogP contribution in [0.3, 0.4) is 0 Å². The first-order valence-electron chi connectivity index (χ1n) is 4.26. The Kier molecular flexibility index (Phi) is 3.46. The van der Waals surface area contributed by atoms with Gasteiger partial charge >= 0.3 is 0 Å². The van der Waals surface area contributed by atoms with Crippen LogP contribution < -0.4 is 5.56 Å². The Hall–Kier alpha value is -2.07. The summed E-state index contributed by atoms with van der Waals surface area (Å²) in [6.07, 6.45) is 2.68. The van der Waals surface area contributed by atoms with E-state index in [9.17, 15) is 4.79 Å². The largest absolute Gasteiger partial charge is 0.314 e. The average Bonchev–Trinajstić information content (AvgIpc) is 2.21. The van der Waals surface area contributed by atoms with Gasteiger partial charge in [0.2, 0.25) is 0 Å². The summed E-state index contributed by atoms with van der Waals surface area (Å²) in [5.41, 5.74) is -0.141. The molecule has 4 nitrogen and oxygen atoms in total. The maximum atomic E-state index is 11.5. The number of hydrogen-bond acceptors (Lipinski definition) is 3. The summed E-state index contributed by atoms with van der Waals surface area (Å²) < 4.78 is 1.45. The minimum atomic E-state index is -0.284. The highest BCUT2D eigenvalue weighted by atomic mass is 16.1. The third kappa shape index (κ3) is 2.21. The quantitative estimate of drug-likeness (QED) is 0.663. The van der Waals surface area contributed by atoms with Crippen molar-refractivity contribution in [2.45, 2.75) is 19.4 Å². The topological polar surface area (TPSA) is 69.6 Å². The molecular formula is C10H9N3O. The molecule has 0 spiro atoms. The van der Waals surface area contributed by atoms with Crippen LogP contribution >= 0.6 is 0 Å². The molecule has 0 aliphatic carbocycles. The second kappa shape index (κ2) is 4.84. The maximum absolute atomic E-state index is 11.5. The van der Waals surface area contributed by atoms with Gasteiger partial charge in [-0.15, -0.1) is 0 Å². The van der Waals surface area contributed by atoms with Gasteiger partial charge in [0.05, 0.1) is 6.07 Å². The molecule has 70 valence electrons. The van der Waals surface area contributed by atoms with Crippen LogP contribution in [0.25, 0.3) is 0 Å². The van der Waals surface area contributed by atoms with Crippen LogP contribution in [0.15, 0.2) is 23.1 Å². The highest BCUT2D eigenvalue weighted by Gasteiger charge is 2.00. The number of hydrogen-bond donors (Lipinski definition) is 0. The lowest BCUT2D eigenvalue weighted by Crippen LogP contribution is -2.21. The molecule has 0 aliphatic heterocycles. The van der Waals surface area contributed by atoms with Crippen LogP contribution in [0, 0.1) is 22.7 Å². The number of nitriles is 2. The molecule has 0 saturated heterocycles. The van der Waals surface area contributed by atoms with E-state index in [-0.39, 0.29) is 11.1 Å². The van der Waals surface area contributed by atoms with Crippen molar-refractivity contribution in [2.75, 3.05) is 0 Å². The van der Waals surface area contributed by atoms with Crippen molar-refractivity contribution in [3.8, 4) is 12.1 Å². The van der Waals surface area contributed by atoms with Crippen LogP contribution in [0.5, 0.6) is 0 Å². The number of rotatable bonds is 3. The van der Waals surface area contributed by atoms with Crippen molar-refractivity contribution >= 4 is 0 Å². The van der Waals surface area contributed by atoms with Gasteiger partial charge in [-0.2, -0.15) is 10.5 Å². The molecule has 0 N–H and O–H groups in total. The molecular weight excluding hydrogens is 178 g/mol. The zero-order valence-corrected chi connectivity index (χ0v) is 7.60. The van der Waals surface area contributed by atoms with Gasteiger partial charge in [0, 0.05) is 19.2 Å². The van der Waals surface area contributed by atoms with E-state index in [1.54, 1.807) is 12.3 Å². The normalized spacial score (nSPS) is 9.00. The fourth-order valence-electron chi connectivity index (χ4n) is 1.13. The Bertz CT molecular complexity index is 448. The Morgan fingerprint density at radius 1 is 1.43 bits per heavy atom. The van der Waals surface area contributed by atoms with Gasteiger partial charge in [-0.1, -0.05) is 0 Å². The molecule has 4 heteroatoms.